The Kier molecular flexibility index (Phi) is 1.26. The van der Waals surface area contributed by atoms with E-state index in [2.05, 4.69) is 15.2 Å². The lowest BCUT2D eigenvalue weighted by atomic mass is 10.3. The van der Waals surface area contributed by atoms with Gasteiger partial charge in [-0.1, -0.05) is 0 Å². The summed E-state index contributed by atoms with van der Waals surface area (Å²) in [6.45, 7) is 1.59. The average molecular weight is 112 g/mol. The molecule has 1 rings (SSSR count). The Morgan fingerprint density at radius 3 is 2.75 bits per heavy atom. The molecule has 0 amide bonds. The van der Waals surface area contributed by atoms with Crippen molar-refractivity contribution >= 4 is 6.34 Å². The summed E-state index contributed by atoms with van der Waals surface area (Å²) in [4.78, 5) is 3.64. The molecule has 0 bridgehead atoms. The summed E-state index contributed by atoms with van der Waals surface area (Å²) in [6, 6.07) is 0. The highest BCUT2D eigenvalue weighted by Gasteiger charge is 2.25. The molecule has 0 radical (unpaired) electrons. The van der Waals surface area contributed by atoms with Gasteiger partial charge in [-0.2, -0.15) is 0 Å². The number of aliphatic hydroxyl groups is 1. The van der Waals surface area contributed by atoms with Gasteiger partial charge in [0, 0.05) is 0 Å². The molecule has 0 saturated carbocycles. The second-order valence-electron chi connectivity index (χ2n) is 1.49. The molecule has 42 valence electrons. The summed E-state index contributed by atoms with van der Waals surface area (Å²) >= 11 is 0. The van der Waals surface area contributed by atoms with E-state index in [9.17, 15) is 0 Å². The molecule has 0 aliphatic carbocycles. The maximum absolute atomic E-state index is 8.75. The zero-order valence-corrected chi connectivity index (χ0v) is 4.44. The van der Waals surface area contributed by atoms with Gasteiger partial charge in [0.1, 0.15) is 0 Å². The van der Waals surface area contributed by atoms with Crippen LogP contribution in [0.5, 0.6) is 0 Å². The van der Waals surface area contributed by atoms with Crippen molar-refractivity contribution < 1.29 is 5.11 Å². The molecule has 1 unspecified atom stereocenters. The second-order valence-corrected chi connectivity index (χ2v) is 1.49. The SMILES string of the molecule is CC(O)[C+]1N=CN=N1. The quantitative estimate of drug-likeness (QED) is 0.489. The molecule has 4 nitrogen and oxygen atoms in total. The Bertz CT molecular complexity index is 117. The van der Waals surface area contributed by atoms with Crippen LogP contribution in [-0.4, -0.2) is 17.5 Å². The predicted octanol–water partition coefficient (Wildman–Crippen LogP) is 0.351. The van der Waals surface area contributed by atoms with E-state index in [-0.39, 0.29) is 0 Å². The molecule has 8 heavy (non-hydrogen) atoms. The lowest BCUT2D eigenvalue weighted by Gasteiger charge is -1.91. The summed E-state index contributed by atoms with van der Waals surface area (Å²) in [5, 5.41) is 15.7. The normalized spacial score (nSPS) is 20.0. The minimum Gasteiger partial charge on any atom is -0.367 e. The smallest absolute Gasteiger partial charge is 0.323 e. The molecule has 0 aromatic heterocycles. The van der Waals surface area contributed by atoms with E-state index in [0.29, 0.717) is 6.17 Å². The van der Waals surface area contributed by atoms with E-state index in [1.54, 1.807) is 6.92 Å². The van der Waals surface area contributed by atoms with Crippen molar-refractivity contribution in [2.45, 2.75) is 13.0 Å². The van der Waals surface area contributed by atoms with Crippen LogP contribution in [0.2, 0.25) is 0 Å². The lowest BCUT2D eigenvalue weighted by molar-refractivity contribution is 0.204. The topological polar surface area (TPSA) is 57.3 Å². The van der Waals surface area contributed by atoms with Crippen LogP contribution in [0.25, 0.3) is 0 Å². The third-order valence-electron chi connectivity index (χ3n) is 0.776. The van der Waals surface area contributed by atoms with Crippen LogP contribution in [0.3, 0.4) is 0 Å². The van der Waals surface area contributed by atoms with E-state index >= 15 is 0 Å². The second kappa shape index (κ2) is 1.92. The maximum Gasteiger partial charge on any atom is 0.323 e. The third-order valence-corrected chi connectivity index (χ3v) is 0.776. The van der Waals surface area contributed by atoms with Gasteiger partial charge in [0.15, 0.2) is 6.10 Å². The highest BCUT2D eigenvalue weighted by molar-refractivity contribution is 5.57. The van der Waals surface area contributed by atoms with Crippen LogP contribution < -0.4 is 0 Å². The summed E-state index contributed by atoms with van der Waals surface area (Å²) < 4.78 is 0. The van der Waals surface area contributed by atoms with Crippen LogP contribution in [0.4, 0.5) is 0 Å². The highest BCUT2D eigenvalue weighted by Crippen LogP contribution is 2.13. The minimum absolute atomic E-state index is 0.380. The standard InChI is InChI=1S/C4H6N3O/c1-3(8)4-5-2-6-7-4/h2-3,8H,1H3/q+1. The zero-order chi connectivity index (χ0) is 5.98. The molecule has 1 atom stereocenters. The molecule has 0 aromatic rings. The first-order chi connectivity index (χ1) is 3.80. The Morgan fingerprint density at radius 1 is 1.75 bits per heavy atom. The van der Waals surface area contributed by atoms with Gasteiger partial charge in [0.25, 0.3) is 6.34 Å². The first-order valence-electron chi connectivity index (χ1n) is 2.29. The first kappa shape index (κ1) is 5.24. The summed E-state index contributed by atoms with van der Waals surface area (Å²) in [6.07, 6.45) is 1.09. The van der Waals surface area contributed by atoms with Crippen molar-refractivity contribution in [1.82, 2.24) is 0 Å². The predicted molar refractivity (Wildman–Crippen MR) is 28.3 cm³/mol. The number of aliphatic hydroxyl groups excluding tert-OH is 1. The van der Waals surface area contributed by atoms with Crippen molar-refractivity contribution in [1.29, 1.82) is 0 Å². The van der Waals surface area contributed by atoms with E-state index in [0.717, 1.165) is 0 Å². The fraction of sp³-hybridized carbons (Fsp3) is 0.500. The van der Waals surface area contributed by atoms with Crippen molar-refractivity contribution in [3.8, 4) is 0 Å². The fourth-order valence-corrected chi connectivity index (χ4v) is 0.387. The van der Waals surface area contributed by atoms with Gasteiger partial charge in [0.05, 0.1) is 0 Å². The van der Waals surface area contributed by atoms with Gasteiger partial charge < -0.3 is 5.11 Å². The van der Waals surface area contributed by atoms with Gasteiger partial charge in [-0.05, 0) is 22.1 Å². The Morgan fingerprint density at radius 2 is 2.50 bits per heavy atom. The van der Waals surface area contributed by atoms with E-state index in [1.807, 2.05) is 0 Å². The van der Waals surface area contributed by atoms with Crippen molar-refractivity contribution in [2.75, 3.05) is 0 Å². The summed E-state index contributed by atoms with van der Waals surface area (Å²) in [5.41, 5.74) is 0. The molecule has 1 aliphatic heterocycles. The maximum atomic E-state index is 8.75. The van der Waals surface area contributed by atoms with Crippen molar-refractivity contribution in [3.63, 3.8) is 0 Å². The van der Waals surface area contributed by atoms with Crippen LogP contribution in [0.15, 0.2) is 15.2 Å². The number of hydrogen-bond donors (Lipinski definition) is 1. The monoisotopic (exact) mass is 112 g/mol. The highest BCUT2D eigenvalue weighted by atomic mass is 16.3. The first-order valence-corrected chi connectivity index (χ1v) is 2.29. The zero-order valence-electron chi connectivity index (χ0n) is 4.44. The molecule has 1 heterocycles. The van der Waals surface area contributed by atoms with Crippen molar-refractivity contribution in [3.05, 3.63) is 6.17 Å². The lowest BCUT2D eigenvalue weighted by Crippen LogP contribution is -2.06. The number of azo groups is 1. The van der Waals surface area contributed by atoms with Crippen LogP contribution in [-0.2, 0) is 0 Å². The Balaban J connectivity index is 2.49. The minimum atomic E-state index is -0.600. The molecule has 0 fully saturated rings. The molecule has 0 aromatic carbocycles. The van der Waals surface area contributed by atoms with Gasteiger partial charge >= 0.3 is 6.17 Å². The Labute approximate surface area is 47.0 Å². The van der Waals surface area contributed by atoms with E-state index < -0.39 is 6.10 Å². The molecule has 1 aliphatic rings. The average Bonchev–Trinajstić information content (AvgIpc) is 2.12. The third kappa shape index (κ3) is 0.840. The largest absolute Gasteiger partial charge is 0.367 e. The molecule has 4 heteroatoms. The molecule has 1 N–H and O–H groups in total. The number of hydrogen-bond acceptors (Lipinski definition) is 4. The van der Waals surface area contributed by atoms with E-state index in [1.165, 1.54) is 6.34 Å². The summed E-state index contributed by atoms with van der Waals surface area (Å²) in [7, 11) is 0. The van der Waals surface area contributed by atoms with Gasteiger partial charge in [-0.3, -0.25) is 0 Å². The number of rotatable bonds is 1. The fourth-order valence-electron chi connectivity index (χ4n) is 0.387. The van der Waals surface area contributed by atoms with Gasteiger partial charge in [0.2, 0.25) is 0 Å². The van der Waals surface area contributed by atoms with Crippen LogP contribution in [0.1, 0.15) is 6.92 Å². The van der Waals surface area contributed by atoms with Gasteiger partial charge in [-0.25, -0.2) is 0 Å². The molecular formula is C4H6N3O+. The number of nitrogens with zero attached hydrogens (tertiary/aromatic N) is 3. The summed E-state index contributed by atoms with van der Waals surface area (Å²) in [5.74, 6) is 0. The molecule has 0 spiro atoms. The molecular weight excluding hydrogens is 106 g/mol. The van der Waals surface area contributed by atoms with E-state index in [4.69, 9.17) is 5.11 Å². The molecule has 0 saturated heterocycles. The van der Waals surface area contributed by atoms with Crippen LogP contribution >= 0.6 is 0 Å². The number of aliphatic imine (C=N–C) groups is 1. The van der Waals surface area contributed by atoms with Crippen LogP contribution in [0, 0.1) is 6.17 Å². The van der Waals surface area contributed by atoms with Crippen molar-refractivity contribution in [2.24, 2.45) is 15.2 Å². The Hall–Kier alpha value is -0.900. The van der Waals surface area contributed by atoms with Gasteiger partial charge in [-0.15, -0.1) is 0 Å².